The van der Waals surface area contributed by atoms with Crippen molar-refractivity contribution < 1.29 is 4.92 Å². The first-order chi connectivity index (χ1) is 12.0. The molecule has 0 fully saturated rings. The van der Waals surface area contributed by atoms with Gasteiger partial charge >= 0.3 is 0 Å². The van der Waals surface area contributed by atoms with E-state index < -0.39 is 4.92 Å². The number of rotatable bonds is 5. The van der Waals surface area contributed by atoms with E-state index in [9.17, 15) is 10.1 Å². The Morgan fingerprint density at radius 3 is 2.88 bits per heavy atom. The van der Waals surface area contributed by atoms with Crippen molar-refractivity contribution in [1.82, 2.24) is 4.98 Å². The Hall–Kier alpha value is -3.06. The maximum absolute atomic E-state index is 10.8. The van der Waals surface area contributed by atoms with Crippen LogP contribution in [0.2, 0.25) is 0 Å². The van der Waals surface area contributed by atoms with Gasteiger partial charge in [-0.1, -0.05) is 29.8 Å². The third-order valence-electron chi connectivity index (χ3n) is 3.63. The molecule has 0 atom stereocenters. The zero-order chi connectivity index (χ0) is 17.8. The van der Waals surface area contributed by atoms with Crippen molar-refractivity contribution in [1.29, 1.82) is 0 Å². The summed E-state index contributed by atoms with van der Waals surface area (Å²) >= 11 is 1.46. The zero-order valence-corrected chi connectivity index (χ0v) is 14.6. The first kappa shape index (κ1) is 16.8. The molecule has 3 rings (SSSR count). The number of nitro benzene ring substituents is 1. The normalized spacial score (nSPS) is 11.0. The van der Waals surface area contributed by atoms with E-state index in [1.54, 1.807) is 12.1 Å². The number of aromatic nitrogens is 1. The predicted molar refractivity (Wildman–Crippen MR) is 101 cm³/mol. The minimum absolute atomic E-state index is 0.0374. The van der Waals surface area contributed by atoms with Crippen LogP contribution in [0.1, 0.15) is 16.7 Å². The number of hydrogen-bond acceptors (Lipinski definition) is 6. The molecule has 126 valence electrons. The third-order valence-corrected chi connectivity index (χ3v) is 4.37. The maximum atomic E-state index is 10.8. The zero-order valence-electron chi connectivity index (χ0n) is 13.8. The molecule has 0 bridgehead atoms. The lowest BCUT2D eigenvalue weighted by Crippen LogP contribution is -1.92. The summed E-state index contributed by atoms with van der Waals surface area (Å²) in [6, 6.07) is 12.6. The Morgan fingerprint density at radius 1 is 1.24 bits per heavy atom. The summed E-state index contributed by atoms with van der Waals surface area (Å²) in [6.07, 6.45) is 1.53. The number of nitrogens with zero attached hydrogens (tertiary/aromatic N) is 3. The number of anilines is 1. The van der Waals surface area contributed by atoms with Crippen LogP contribution in [0.4, 0.5) is 10.8 Å². The van der Waals surface area contributed by atoms with Crippen molar-refractivity contribution >= 4 is 28.4 Å². The van der Waals surface area contributed by atoms with E-state index in [1.165, 1.54) is 40.8 Å². The van der Waals surface area contributed by atoms with E-state index in [-0.39, 0.29) is 5.69 Å². The number of hydrogen-bond donors (Lipinski definition) is 1. The second-order valence-corrected chi connectivity index (χ2v) is 6.44. The van der Waals surface area contributed by atoms with Crippen molar-refractivity contribution in [2.24, 2.45) is 5.10 Å². The number of thiazole rings is 1. The molecule has 1 heterocycles. The standard InChI is InChI=1S/C18H16N4O2S/c1-12-6-7-13(2)16(8-12)17-11-25-18(20-17)21-19-10-14-4-3-5-15(9-14)22(23)24/h3-11H,1-2H3,(H,20,21)/b19-10-. The highest BCUT2D eigenvalue weighted by molar-refractivity contribution is 7.14. The number of hydrazone groups is 1. The van der Waals surface area contributed by atoms with Crippen molar-refractivity contribution in [2.45, 2.75) is 13.8 Å². The molecule has 0 unspecified atom stereocenters. The summed E-state index contributed by atoms with van der Waals surface area (Å²) in [5.74, 6) is 0. The molecule has 0 radical (unpaired) electrons. The van der Waals surface area contributed by atoms with Gasteiger partial charge < -0.3 is 0 Å². The highest BCUT2D eigenvalue weighted by Gasteiger charge is 2.07. The second-order valence-electron chi connectivity index (χ2n) is 5.58. The Kier molecular flexibility index (Phi) is 4.85. The lowest BCUT2D eigenvalue weighted by Gasteiger charge is -2.03. The molecular weight excluding hydrogens is 336 g/mol. The van der Waals surface area contributed by atoms with Crippen LogP contribution in [0.3, 0.4) is 0 Å². The molecule has 3 aromatic rings. The number of non-ortho nitro benzene ring substituents is 1. The maximum Gasteiger partial charge on any atom is 0.270 e. The fourth-order valence-electron chi connectivity index (χ4n) is 2.34. The number of benzene rings is 2. The number of aryl methyl sites for hydroxylation is 2. The fourth-order valence-corrected chi connectivity index (χ4v) is 3.00. The minimum atomic E-state index is -0.429. The van der Waals surface area contributed by atoms with Crippen LogP contribution in [0.15, 0.2) is 52.9 Å². The van der Waals surface area contributed by atoms with E-state index >= 15 is 0 Å². The predicted octanol–water partition coefficient (Wildman–Crippen LogP) is 4.78. The quantitative estimate of drug-likeness (QED) is 0.407. The Morgan fingerprint density at radius 2 is 2.08 bits per heavy atom. The molecule has 7 heteroatoms. The van der Waals surface area contributed by atoms with Gasteiger partial charge in [0.05, 0.1) is 16.8 Å². The van der Waals surface area contributed by atoms with Gasteiger partial charge in [0.2, 0.25) is 5.13 Å². The summed E-state index contributed by atoms with van der Waals surface area (Å²) in [5, 5.41) is 17.5. The third kappa shape index (κ3) is 4.07. The van der Waals surface area contributed by atoms with Gasteiger partial charge in [0, 0.05) is 28.6 Å². The van der Waals surface area contributed by atoms with Gasteiger partial charge in [-0.3, -0.25) is 15.5 Å². The van der Waals surface area contributed by atoms with Gasteiger partial charge in [-0.15, -0.1) is 11.3 Å². The lowest BCUT2D eigenvalue weighted by atomic mass is 10.0. The van der Waals surface area contributed by atoms with Gasteiger partial charge in [-0.25, -0.2) is 4.98 Å². The largest absolute Gasteiger partial charge is 0.270 e. The van der Waals surface area contributed by atoms with E-state index in [0.29, 0.717) is 10.7 Å². The van der Waals surface area contributed by atoms with Gasteiger partial charge in [-0.2, -0.15) is 5.10 Å². The first-order valence-electron chi connectivity index (χ1n) is 7.59. The molecule has 2 aromatic carbocycles. The van der Waals surface area contributed by atoms with Crippen LogP contribution in [-0.2, 0) is 0 Å². The van der Waals surface area contributed by atoms with Gasteiger partial charge in [0.15, 0.2) is 0 Å². The summed E-state index contributed by atoms with van der Waals surface area (Å²) < 4.78 is 0. The summed E-state index contributed by atoms with van der Waals surface area (Å²) in [4.78, 5) is 14.9. The summed E-state index contributed by atoms with van der Waals surface area (Å²) in [6.45, 7) is 4.11. The van der Waals surface area contributed by atoms with Crippen molar-refractivity contribution in [2.75, 3.05) is 5.43 Å². The van der Waals surface area contributed by atoms with Crippen molar-refractivity contribution in [3.8, 4) is 11.3 Å². The van der Waals surface area contributed by atoms with E-state index in [4.69, 9.17) is 0 Å². The van der Waals surface area contributed by atoms with Crippen LogP contribution >= 0.6 is 11.3 Å². The van der Waals surface area contributed by atoms with Crippen LogP contribution in [0, 0.1) is 24.0 Å². The molecule has 0 aliphatic rings. The van der Waals surface area contributed by atoms with Gasteiger partial charge in [-0.05, 0) is 25.5 Å². The fraction of sp³-hybridized carbons (Fsp3) is 0.111. The monoisotopic (exact) mass is 352 g/mol. The van der Waals surface area contributed by atoms with E-state index in [2.05, 4.69) is 47.6 Å². The average Bonchev–Trinajstić information content (AvgIpc) is 3.06. The minimum Gasteiger partial charge on any atom is -0.258 e. The summed E-state index contributed by atoms with van der Waals surface area (Å²) in [5.41, 5.74) is 7.92. The van der Waals surface area contributed by atoms with Gasteiger partial charge in [0.25, 0.3) is 5.69 Å². The molecule has 0 aliphatic carbocycles. The Bertz CT molecular complexity index is 950. The molecule has 0 spiro atoms. The topological polar surface area (TPSA) is 80.4 Å². The van der Waals surface area contributed by atoms with Crippen molar-refractivity contribution in [3.63, 3.8) is 0 Å². The highest BCUT2D eigenvalue weighted by atomic mass is 32.1. The molecule has 6 nitrogen and oxygen atoms in total. The van der Waals surface area contributed by atoms with Crippen LogP contribution in [-0.4, -0.2) is 16.1 Å². The first-order valence-corrected chi connectivity index (χ1v) is 8.47. The van der Waals surface area contributed by atoms with E-state index in [0.717, 1.165) is 11.3 Å². The van der Waals surface area contributed by atoms with Gasteiger partial charge in [0.1, 0.15) is 0 Å². The van der Waals surface area contributed by atoms with Crippen LogP contribution in [0.5, 0.6) is 0 Å². The van der Waals surface area contributed by atoms with Crippen molar-refractivity contribution in [3.05, 3.63) is 74.6 Å². The molecule has 1 aromatic heterocycles. The molecule has 0 amide bonds. The SMILES string of the molecule is Cc1ccc(C)c(-c2csc(N/N=C\c3cccc([N+](=O)[O-])c3)n2)c1. The lowest BCUT2D eigenvalue weighted by molar-refractivity contribution is -0.384. The summed E-state index contributed by atoms with van der Waals surface area (Å²) in [7, 11) is 0. The smallest absolute Gasteiger partial charge is 0.258 e. The number of nitrogens with one attached hydrogen (secondary N) is 1. The molecule has 0 saturated carbocycles. The number of nitro groups is 1. The molecule has 0 saturated heterocycles. The Labute approximate surface area is 149 Å². The molecule has 25 heavy (non-hydrogen) atoms. The molecule has 0 aliphatic heterocycles. The van der Waals surface area contributed by atoms with Crippen LogP contribution < -0.4 is 5.43 Å². The molecule has 1 N–H and O–H groups in total. The Balaban J connectivity index is 1.73. The van der Waals surface area contributed by atoms with Crippen LogP contribution in [0.25, 0.3) is 11.3 Å². The average molecular weight is 352 g/mol. The van der Waals surface area contributed by atoms with E-state index in [1.807, 2.05) is 5.38 Å². The molecular formula is C18H16N4O2S. The second kappa shape index (κ2) is 7.23. The highest BCUT2D eigenvalue weighted by Crippen LogP contribution is 2.28.